The number of amides is 2. The van der Waals surface area contributed by atoms with Crippen LogP contribution in [0, 0.1) is 0 Å². The second kappa shape index (κ2) is 16.2. The first-order valence-electron chi connectivity index (χ1n) is 12.2. The van der Waals surface area contributed by atoms with Crippen LogP contribution in [0.5, 0.6) is 23.0 Å². The van der Waals surface area contributed by atoms with Crippen molar-refractivity contribution in [2.24, 2.45) is 0 Å². The lowest BCUT2D eigenvalue weighted by Crippen LogP contribution is -2.28. The third kappa shape index (κ3) is 10.0. The highest BCUT2D eigenvalue weighted by Crippen LogP contribution is 2.26. The molecule has 2 aromatic rings. The number of nitrogens with one attached hydrogen (secondary N) is 4. The van der Waals surface area contributed by atoms with Crippen LogP contribution in [0.25, 0.3) is 0 Å². The number of unbranched alkanes of at least 4 members (excludes halogenated alkanes) is 1. The fourth-order valence-electron chi connectivity index (χ4n) is 3.42. The van der Waals surface area contributed by atoms with Gasteiger partial charge in [0, 0.05) is 24.2 Å². The van der Waals surface area contributed by atoms with Crippen LogP contribution in [0.15, 0.2) is 36.4 Å². The summed E-state index contributed by atoms with van der Waals surface area (Å²) in [5.41, 5.74) is 0.899. The molecule has 0 heterocycles. The molecule has 198 valence electrons. The van der Waals surface area contributed by atoms with Gasteiger partial charge in [0.05, 0.1) is 14.2 Å². The molecule has 0 unspecified atom stereocenters. The van der Waals surface area contributed by atoms with Crippen molar-refractivity contribution in [3.63, 3.8) is 0 Å². The van der Waals surface area contributed by atoms with Gasteiger partial charge in [-0.05, 0) is 88.3 Å². The molecule has 0 aliphatic carbocycles. The zero-order valence-electron chi connectivity index (χ0n) is 21.1. The van der Waals surface area contributed by atoms with Crippen LogP contribution in [0.2, 0.25) is 0 Å². The minimum Gasteiger partial charge on any atom is -0.504 e. The van der Waals surface area contributed by atoms with Gasteiger partial charge in [0.2, 0.25) is 0 Å². The maximum atomic E-state index is 12.1. The van der Waals surface area contributed by atoms with Crippen LogP contribution in [0.1, 0.15) is 46.4 Å². The number of carbonyl (C=O) groups is 2. The molecule has 0 radical (unpaired) electrons. The lowest BCUT2D eigenvalue weighted by molar-refractivity contribution is 0.0944. The molecular formula is C26H38N4O6. The van der Waals surface area contributed by atoms with E-state index in [-0.39, 0.29) is 34.8 Å². The lowest BCUT2D eigenvalue weighted by Gasteiger charge is -2.09. The van der Waals surface area contributed by atoms with Crippen molar-refractivity contribution in [3.05, 3.63) is 47.5 Å². The van der Waals surface area contributed by atoms with Gasteiger partial charge in [-0.15, -0.1) is 0 Å². The van der Waals surface area contributed by atoms with E-state index < -0.39 is 0 Å². The van der Waals surface area contributed by atoms with Gasteiger partial charge in [0.1, 0.15) is 0 Å². The zero-order valence-corrected chi connectivity index (χ0v) is 21.1. The van der Waals surface area contributed by atoms with Gasteiger partial charge in [0.25, 0.3) is 11.8 Å². The van der Waals surface area contributed by atoms with E-state index in [1.54, 1.807) is 12.1 Å². The second-order valence-corrected chi connectivity index (χ2v) is 8.20. The molecule has 2 rings (SSSR count). The van der Waals surface area contributed by atoms with Crippen molar-refractivity contribution in [3.8, 4) is 23.0 Å². The van der Waals surface area contributed by atoms with Gasteiger partial charge in [0.15, 0.2) is 23.0 Å². The number of aromatic hydroxyl groups is 2. The minimum atomic E-state index is -0.195. The molecule has 6 N–H and O–H groups in total. The van der Waals surface area contributed by atoms with Crippen LogP contribution in [0.3, 0.4) is 0 Å². The van der Waals surface area contributed by atoms with E-state index in [1.165, 1.54) is 38.5 Å². The Bertz CT molecular complexity index is 892. The monoisotopic (exact) mass is 502 g/mol. The molecule has 2 amide bonds. The smallest absolute Gasteiger partial charge is 0.251 e. The average molecular weight is 503 g/mol. The van der Waals surface area contributed by atoms with E-state index in [1.807, 2.05) is 0 Å². The van der Waals surface area contributed by atoms with Crippen LogP contribution in [-0.2, 0) is 0 Å². The van der Waals surface area contributed by atoms with Crippen molar-refractivity contribution in [2.45, 2.75) is 25.7 Å². The fraction of sp³-hybridized carbons (Fsp3) is 0.462. The van der Waals surface area contributed by atoms with Gasteiger partial charge in [-0.2, -0.15) is 0 Å². The second-order valence-electron chi connectivity index (χ2n) is 8.20. The number of phenols is 2. The van der Waals surface area contributed by atoms with E-state index >= 15 is 0 Å². The first-order valence-corrected chi connectivity index (χ1v) is 12.2. The zero-order chi connectivity index (χ0) is 26.2. The molecule has 0 saturated heterocycles. The van der Waals surface area contributed by atoms with Crippen LogP contribution < -0.4 is 30.7 Å². The van der Waals surface area contributed by atoms with Crippen LogP contribution >= 0.6 is 0 Å². The summed E-state index contributed by atoms with van der Waals surface area (Å²) in [6, 6.07) is 9.04. The maximum Gasteiger partial charge on any atom is 0.251 e. The van der Waals surface area contributed by atoms with Gasteiger partial charge in [-0.1, -0.05) is 0 Å². The van der Waals surface area contributed by atoms with Gasteiger partial charge in [-0.3, -0.25) is 9.59 Å². The number of hydrogen-bond acceptors (Lipinski definition) is 8. The molecule has 2 aromatic carbocycles. The van der Waals surface area contributed by atoms with Crippen molar-refractivity contribution in [2.75, 3.05) is 53.5 Å². The van der Waals surface area contributed by atoms with E-state index in [0.717, 1.165) is 51.9 Å². The molecule has 0 saturated carbocycles. The fourth-order valence-corrected chi connectivity index (χ4v) is 3.42. The molecule has 0 aliphatic heterocycles. The molecule has 0 aromatic heterocycles. The summed E-state index contributed by atoms with van der Waals surface area (Å²) in [5.74, 6) is 0.172. The Morgan fingerprint density at radius 3 is 1.42 bits per heavy atom. The summed E-state index contributed by atoms with van der Waals surface area (Å²) in [4.78, 5) is 24.3. The lowest BCUT2D eigenvalue weighted by atomic mass is 10.2. The molecule has 36 heavy (non-hydrogen) atoms. The Hall–Kier alpha value is -3.50. The Morgan fingerprint density at radius 1 is 0.639 bits per heavy atom. The topological polar surface area (TPSA) is 141 Å². The standard InChI is InChI=1S/C26H38N4O6/c1-35-23-17-19(7-9-21(23)31)25(33)29-15-5-13-27-11-3-4-12-28-14-6-16-30-26(34)20-8-10-22(32)24(18-20)36-2/h7-10,17-18,27-28,31-32H,3-6,11-16H2,1-2H3,(H,29,33)(H,30,34). The van der Waals surface area contributed by atoms with E-state index in [9.17, 15) is 19.8 Å². The van der Waals surface area contributed by atoms with Gasteiger partial charge >= 0.3 is 0 Å². The number of benzene rings is 2. The molecule has 0 bridgehead atoms. The Labute approximate surface area is 212 Å². The van der Waals surface area contributed by atoms with Crippen LogP contribution in [-0.4, -0.2) is 75.5 Å². The molecular weight excluding hydrogens is 464 g/mol. The molecule has 10 nitrogen and oxygen atoms in total. The Morgan fingerprint density at radius 2 is 1.03 bits per heavy atom. The molecule has 0 fully saturated rings. The quantitative estimate of drug-likeness (QED) is 0.181. The van der Waals surface area contributed by atoms with Crippen molar-refractivity contribution in [1.29, 1.82) is 0 Å². The summed E-state index contributed by atoms with van der Waals surface area (Å²) < 4.78 is 10.0. The Kier molecular flexibility index (Phi) is 12.9. The van der Waals surface area contributed by atoms with Crippen molar-refractivity contribution >= 4 is 11.8 Å². The first kappa shape index (κ1) is 28.7. The summed E-state index contributed by atoms with van der Waals surface area (Å²) >= 11 is 0. The predicted molar refractivity (Wildman–Crippen MR) is 138 cm³/mol. The number of phenolic OH excluding ortho intramolecular Hbond substituents is 2. The summed E-state index contributed by atoms with van der Waals surface area (Å²) in [6.07, 6.45) is 3.74. The highest BCUT2D eigenvalue weighted by Gasteiger charge is 2.10. The summed E-state index contributed by atoms with van der Waals surface area (Å²) in [7, 11) is 2.89. The third-order valence-electron chi connectivity index (χ3n) is 5.47. The molecule has 0 atom stereocenters. The maximum absolute atomic E-state index is 12.1. The predicted octanol–water partition coefficient (Wildman–Crippen LogP) is 2.01. The normalized spacial score (nSPS) is 10.6. The average Bonchev–Trinajstić information content (AvgIpc) is 2.89. The Balaban J connectivity index is 1.41. The third-order valence-corrected chi connectivity index (χ3v) is 5.47. The first-order chi connectivity index (χ1) is 17.5. The number of hydrogen-bond donors (Lipinski definition) is 6. The molecule has 10 heteroatoms. The van der Waals surface area contributed by atoms with Crippen molar-refractivity contribution < 1.29 is 29.3 Å². The highest BCUT2D eigenvalue weighted by atomic mass is 16.5. The van der Waals surface area contributed by atoms with E-state index in [4.69, 9.17) is 9.47 Å². The number of rotatable bonds is 17. The minimum absolute atomic E-state index is 0.00517. The SMILES string of the molecule is COc1cc(C(=O)NCCCNCCCCNCCCNC(=O)c2ccc(O)c(OC)c2)ccc1O. The molecule has 0 spiro atoms. The van der Waals surface area contributed by atoms with Gasteiger partial charge in [-0.25, -0.2) is 0 Å². The van der Waals surface area contributed by atoms with E-state index in [0.29, 0.717) is 24.2 Å². The number of carbonyl (C=O) groups excluding carboxylic acids is 2. The van der Waals surface area contributed by atoms with E-state index in [2.05, 4.69) is 21.3 Å². The molecule has 0 aliphatic rings. The summed E-state index contributed by atoms with van der Waals surface area (Å²) in [6.45, 7) is 4.59. The van der Waals surface area contributed by atoms with Crippen molar-refractivity contribution in [1.82, 2.24) is 21.3 Å². The highest BCUT2D eigenvalue weighted by molar-refractivity contribution is 5.95. The number of methoxy groups -OCH3 is 2. The van der Waals surface area contributed by atoms with Gasteiger partial charge < -0.3 is 41.0 Å². The number of ether oxygens (including phenoxy) is 2. The largest absolute Gasteiger partial charge is 0.504 e. The summed E-state index contributed by atoms with van der Waals surface area (Å²) in [5, 5.41) is 31.7. The van der Waals surface area contributed by atoms with Crippen LogP contribution in [0.4, 0.5) is 0 Å².